The summed E-state index contributed by atoms with van der Waals surface area (Å²) in [5.74, 6) is 1.68. The van der Waals surface area contributed by atoms with E-state index >= 15 is 0 Å². The minimum Gasteiger partial charge on any atom is -0.254 e. The molecule has 6 rings (SSSR count). The zero-order valence-corrected chi connectivity index (χ0v) is 19.3. The number of benzene rings is 3. The van der Waals surface area contributed by atoms with Gasteiger partial charge in [-0.2, -0.15) is 5.10 Å². The molecule has 33 heavy (non-hydrogen) atoms. The van der Waals surface area contributed by atoms with E-state index in [1.807, 2.05) is 55.5 Å². The highest BCUT2D eigenvalue weighted by molar-refractivity contribution is 7.15. The summed E-state index contributed by atoms with van der Waals surface area (Å²) < 4.78 is 0. The van der Waals surface area contributed by atoms with Gasteiger partial charge in [-0.1, -0.05) is 83.6 Å². The Morgan fingerprint density at radius 3 is 2.21 bits per heavy atom. The third kappa shape index (κ3) is 3.50. The van der Waals surface area contributed by atoms with Crippen molar-refractivity contribution in [2.45, 2.75) is 19.0 Å². The van der Waals surface area contributed by atoms with Crippen molar-refractivity contribution < 1.29 is 0 Å². The van der Waals surface area contributed by atoms with Gasteiger partial charge in [0.2, 0.25) is 5.13 Å². The van der Waals surface area contributed by atoms with Crippen molar-refractivity contribution in [2.24, 2.45) is 10.1 Å². The largest absolute Gasteiger partial charge is 0.254 e. The molecule has 0 saturated heterocycles. The Morgan fingerprint density at radius 1 is 0.848 bits per heavy atom. The molecule has 0 radical (unpaired) electrons. The third-order valence-corrected chi connectivity index (χ3v) is 6.79. The molecule has 1 aromatic heterocycles. The topological polar surface area (TPSA) is 57.0 Å². The van der Waals surface area contributed by atoms with Gasteiger partial charge in [0.05, 0.1) is 5.69 Å². The number of fused-ring (bicyclic) bond motifs is 1. The van der Waals surface area contributed by atoms with Crippen molar-refractivity contribution in [3.05, 3.63) is 106 Å². The molecule has 0 fully saturated rings. The maximum Gasteiger partial charge on any atom is 0.219 e. The van der Waals surface area contributed by atoms with E-state index in [-0.39, 0.29) is 12.1 Å². The molecule has 0 bridgehead atoms. The van der Waals surface area contributed by atoms with Crippen LogP contribution in [0.5, 0.6) is 0 Å². The number of aromatic nitrogens is 2. The van der Waals surface area contributed by atoms with Gasteiger partial charge in [0.25, 0.3) is 0 Å². The van der Waals surface area contributed by atoms with E-state index in [0.29, 0.717) is 5.02 Å². The number of amidine groups is 2. The second-order valence-corrected chi connectivity index (χ2v) is 9.43. The smallest absolute Gasteiger partial charge is 0.219 e. The number of hydrazone groups is 1. The second-order valence-electron chi connectivity index (χ2n) is 7.84. The van der Waals surface area contributed by atoms with Gasteiger partial charge in [-0.05, 0) is 36.8 Å². The van der Waals surface area contributed by atoms with Crippen molar-refractivity contribution in [1.82, 2.24) is 10.2 Å². The van der Waals surface area contributed by atoms with Crippen LogP contribution in [0.2, 0.25) is 5.02 Å². The lowest BCUT2D eigenvalue weighted by molar-refractivity contribution is 0.645. The number of hydrogen-bond acceptors (Lipinski definition) is 7. The summed E-state index contributed by atoms with van der Waals surface area (Å²) in [6.07, 6.45) is 0. The number of halogens is 1. The molecule has 0 unspecified atom stereocenters. The minimum absolute atomic E-state index is 0.114. The molecular formula is C25H19ClN6S. The number of hydrogen-bond donors (Lipinski definition) is 0. The summed E-state index contributed by atoms with van der Waals surface area (Å²) in [5, 5.41) is 18.2. The molecule has 0 spiro atoms. The molecule has 0 amide bonds. The second kappa shape index (κ2) is 8.10. The Balaban J connectivity index is 1.52. The highest BCUT2D eigenvalue weighted by Gasteiger charge is 2.48. The molecular weight excluding hydrogens is 452 g/mol. The average Bonchev–Trinajstić information content (AvgIpc) is 3.54. The summed E-state index contributed by atoms with van der Waals surface area (Å²) in [5.41, 5.74) is 3.12. The first-order chi connectivity index (χ1) is 16.2. The molecule has 162 valence electrons. The van der Waals surface area contributed by atoms with Crippen LogP contribution in [-0.2, 0) is 0 Å². The average molecular weight is 471 g/mol. The van der Waals surface area contributed by atoms with Crippen molar-refractivity contribution in [3.63, 3.8) is 0 Å². The molecule has 0 N–H and O–H groups in total. The molecule has 0 aliphatic carbocycles. The monoisotopic (exact) mass is 470 g/mol. The molecule has 8 heteroatoms. The van der Waals surface area contributed by atoms with Crippen LogP contribution >= 0.6 is 22.9 Å². The quantitative estimate of drug-likeness (QED) is 0.383. The van der Waals surface area contributed by atoms with Crippen molar-refractivity contribution >= 4 is 45.4 Å². The zero-order chi connectivity index (χ0) is 22.4. The maximum atomic E-state index is 6.20. The van der Waals surface area contributed by atoms with Gasteiger partial charge in [0.15, 0.2) is 5.84 Å². The molecule has 3 aromatic carbocycles. The standard InChI is InChI=1S/C25H19ClN6S/c1-16-28-29-25(33-16)31-23(18-8-4-2-5-9-18)27-21-22(17-12-14-19(26)15-13-17)32(30-24(21)31)20-10-6-3-7-11-20/h2-15,21-22H,1H3/t21-,22-/m0/s1. The molecule has 6 nitrogen and oxygen atoms in total. The fourth-order valence-corrected chi connectivity index (χ4v) is 5.07. The number of anilines is 2. The van der Waals surface area contributed by atoms with Gasteiger partial charge in [0.1, 0.15) is 22.9 Å². The highest BCUT2D eigenvalue weighted by atomic mass is 35.5. The van der Waals surface area contributed by atoms with Crippen LogP contribution in [0, 0.1) is 6.92 Å². The number of rotatable bonds is 4. The van der Waals surface area contributed by atoms with Crippen LogP contribution in [0.1, 0.15) is 22.2 Å². The first-order valence-electron chi connectivity index (χ1n) is 10.6. The van der Waals surface area contributed by atoms with E-state index < -0.39 is 0 Å². The van der Waals surface area contributed by atoms with Crippen LogP contribution in [0.25, 0.3) is 0 Å². The maximum absolute atomic E-state index is 6.20. The van der Waals surface area contributed by atoms with Gasteiger partial charge in [-0.15, -0.1) is 10.2 Å². The normalized spacial score (nSPS) is 19.5. The van der Waals surface area contributed by atoms with Crippen LogP contribution in [-0.4, -0.2) is 27.9 Å². The lowest BCUT2D eigenvalue weighted by atomic mass is 9.99. The fourth-order valence-electron chi connectivity index (χ4n) is 4.25. The number of aryl methyl sites for hydroxylation is 1. The lowest BCUT2D eigenvalue weighted by Gasteiger charge is -2.26. The van der Waals surface area contributed by atoms with Crippen molar-refractivity contribution in [1.29, 1.82) is 0 Å². The first-order valence-corrected chi connectivity index (χ1v) is 11.8. The Hall–Kier alpha value is -3.55. The lowest BCUT2D eigenvalue weighted by Crippen LogP contribution is -2.35. The Morgan fingerprint density at radius 2 is 1.55 bits per heavy atom. The molecule has 2 atom stereocenters. The summed E-state index contributed by atoms with van der Waals surface area (Å²) in [4.78, 5) is 7.27. The fraction of sp³-hybridized carbons (Fsp3) is 0.120. The predicted molar refractivity (Wildman–Crippen MR) is 134 cm³/mol. The van der Waals surface area contributed by atoms with E-state index in [9.17, 15) is 0 Å². The molecule has 2 aliphatic rings. The van der Waals surface area contributed by atoms with Gasteiger partial charge >= 0.3 is 0 Å². The van der Waals surface area contributed by atoms with Crippen LogP contribution in [0.15, 0.2) is 95.0 Å². The molecule has 2 aliphatic heterocycles. The van der Waals surface area contributed by atoms with E-state index in [1.54, 1.807) is 0 Å². The molecule has 0 saturated carbocycles. The Kier molecular flexibility index (Phi) is 4.93. The van der Waals surface area contributed by atoms with Gasteiger partial charge in [0, 0.05) is 10.6 Å². The van der Waals surface area contributed by atoms with Gasteiger partial charge in [-0.3, -0.25) is 14.9 Å². The SMILES string of the molecule is Cc1nnc(N2C(c3ccccc3)=N[C@@H]3C2=NN(c2ccccc2)[C@H]3c2ccc(Cl)cc2)s1. The van der Waals surface area contributed by atoms with Crippen LogP contribution in [0.4, 0.5) is 10.8 Å². The summed E-state index contributed by atoms with van der Waals surface area (Å²) in [6, 6.07) is 28.0. The number of aliphatic imine (C=N–C) groups is 1. The third-order valence-electron chi connectivity index (χ3n) is 5.71. The first kappa shape index (κ1) is 20.1. The minimum atomic E-state index is -0.203. The zero-order valence-electron chi connectivity index (χ0n) is 17.7. The van der Waals surface area contributed by atoms with Crippen molar-refractivity contribution in [2.75, 3.05) is 9.91 Å². The Bertz CT molecular complexity index is 1350. The van der Waals surface area contributed by atoms with Gasteiger partial charge < -0.3 is 0 Å². The molecule has 4 aromatic rings. The van der Waals surface area contributed by atoms with Crippen LogP contribution < -0.4 is 9.91 Å². The van der Waals surface area contributed by atoms with E-state index in [0.717, 1.165) is 38.6 Å². The molecule has 3 heterocycles. The summed E-state index contributed by atoms with van der Waals surface area (Å²) in [7, 11) is 0. The van der Waals surface area contributed by atoms with E-state index in [2.05, 4.69) is 56.5 Å². The van der Waals surface area contributed by atoms with Gasteiger partial charge in [-0.25, -0.2) is 0 Å². The number of para-hydroxylation sites is 1. The Labute approximate surface area is 200 Å². The number of nitrogens with zero attached hydrogens (tertiary/aromatic N) is 6. The highest BCUT2D eigenvalue weighted by Crippen LogP contribution is 2.42. The summed E-state index contributed by atoms with van der Waals surface area (Å²) >= 11 is 7.73. The predicted octanol–water partition coefficient (Wildman–Crippen LogP) is 5.71. The van der Waals surface area contributed by atoms with E-state index in [1.165, 1.54) is 11.3 Å². The van der Waals surface area contributed by atoms with Crippen molar-refractivity contribution in [3.8, 4) is 0 Å². The van der Waals surface area contributed by atoms with Crippen LogP contribution in [0.3, 0.4) is 0 Å². The van der Waals surface area contributed by atoms with E-state index in [4.69, 9.17) is 21.7 Å². The summed E-state index contributed by atoms with van der Waals surface area (Å²) in [6.45, 7) is 1.96.